The number of rotatable bonds is 3. The SMILES string of the molecule is CCOC(=S)/C(C)=C/c1ccccc1. The fraction of sp³-hybridized carbons (Fsp3) is 0.250. The fourth-order valence-electron chi connectivity index (χ4n) is 1.10. The molecule has 0 radical (unpaired) electrons. The van der Waals surface area contributed by atoms with Crippen molar-refractivity contribution in [3.8, 4) is 0 Å². The number of hydrogen-bond acceptors (Lipinski definition) is 2. The van der Waals surface area contributed by atoms with E-state index in [9.17, 15) is 0 Å². The van der Waals surface area contributed by atoms with Gasteiger partial charge < -0.3 is 4.74 Å². The predicted molar refractivity (Wildman–Crippen MR) is 64.3 cm³/mol. The van der Waals surface area contributed by atoms with Crippen molar-refractivity contribution in [3.05, 3.63) is 41.5 Å². The Morgan fingerprint density at radius 1 is 1.36 bits per heavy atom. The zero-order valence-corrected chi connectivity index (χ0v) is 9.30. The molecule has 1 rings (SSSR count). The third-order valence-electron chi connectivity index (χ3n) is 1.78. The fourth-order valence-corrected chi connectivity index (χ4v) is 1.28. The van der Waals surface area contributed by atoms with Crippen molar-refractivity contribution >= 4 is 23.3 Å². The Kier molecular flexibility index (Phi) is 4.33. The van der Waals surface area contributed by atoms with Gasteiger partial charge in [-0.3, -0.25) is 0 Å². The number of thiocarbonyl (C=S) groups is 1. The Hall–Kier alpha value is -1.15. The molecule has 0 atom stereocenters. The molecule has 2 heteroatoms. The number of benzene rings is 1. The Morgan fingerprint density at radius 2 is 2.00 bits per heavy atom. The van der Waals surface area contributed by atoms with E-state index in [1.165, 1.54) is 0 Å². The third kappa shape index (κ3) is 3.30. The van der Waals surface area contributed by atoms with Crippen LogP contribution in [0.15, 0.2) is 35.9 Å². The third-order valence-corrected chi connectivity index (χ3v) is 2.22. The lowest BCUT2D eigenvalue weighted by molar-refractivity contribution is 0.337. The van der Waals surface area contributed by atoms with E-state index >= 15 is 0 Å². The summed E-state index contributed by atoms with van der Waals surface area (Å²) in [5.41, 5.74) is 2.14. The topological polar surface area (TPSA) is 9.23 Å². The maximum Gasteiger partial charge on any atom is 0.186 e. The summed E-state index contributed by atoms with van der Waals surface area (Å²) in [4.78, 5) is 0. The second-order valence-electron chi connectivity index (χ2n) is 2.96. The van der Waals surface area contributed by atoms with Crippen LogP contribution >= 0.6 is 12.2 Å². The second kappa shape index (κ2) is 5.55. The van der Waals surface area contributed by atoms with Crippen LogP contribution in [0.3, 0.4) is 0 Å². The molecular weight excluding hydrogens is 192 g/mol. The van der Waals surface area contributed by atoms with Crippen LogP contribution in [0.5, 0.6) is 0 Å². The maximum atomic E-state index is 5.24. The average molecular weight is 206 g/mol. The molecule has 0 fully saturated rings. The van der Waals surface area contributed by atoms with E-state index in [2.05, 4.69) is 0 Å². The lowest BCUT2D eigenvalue weighted by Crippen LogP contribution is -2.01. The monoisotopic (exact) mass is 206 g/mol. The molecule has 0 aliphatic carbocycles. The molecule has 0 spiro atoms. The van der Waals surface area contributed by atoms with Crippen LogP contribution in [-0.2, 0) is 4.74 Å². The highest BCUT2D eigenvalue weighted by molar-refractivity contribution is 7.80. The quantitative estimate of drug-likeness (QED) is 0.553. The first kappa shape index (κ1) is 10.9. The van der Waals surface area contributed by atoms with Gasteiger partial charge in [0.15, 0.2) is 5.05 Å². The van der Waals surface area contributed by atoms with Crippen molar-refractivity contribution in [2.45, 2.75) is 13.8 Å². The van der Waals surface area contributed by atoms with Crippen molar-refractivity contribution in [3.63, 3.8) is 0 Å². The molecule has 0 saturated heterocycles. The lowest BCUT2D eigenvalue weighted by Gasteiger charge is -2.04. The summed E-state index contributed by atoms with van der Waals surface area (Å²) in [6, 6.07) is 10.1. The van der Waals surface area contributed by atoms with Gasteiger partial charge in [-0.15, -0.1) is 0 Å². The molecule has 1 aromatic rings. The Balaban J connectivity index is 2.74. The van der Waals surface area contributed by atoms with E-state index < -0.39 is 0 Å². The van der Waals surface area contributed by atoms with E-state index in [0.29, 0.717) is 11.7 Å². The summed E-state index contributed by atoms with van der Waals surface area (Å²) < 4.78 is 5.24. The van der Waals surface area contributed by atoms with Gasteiger partial charge in [0.05, 0.1) is 6.61 Å². The number of hydrogen-bond donors (Lipinski definition) is 0. The normalized spacial score (nSPS) is 11.1. The molecule has 0 bridgehead atoms. The number of ether oxygens (including phenoxy) is 1. The van der Waals surface area contributed by atoms with Crippen molar-refractivity contribution < 1.29 is 4.74 Å². The molecule has 0 aliphatic heterocycles. The van der Waals surface area contributed by atoms with E-state index in [0.717, 1.165) is 11.1 Å². The van der Waals surface area contributed by atoms with Crippen molar-refractivity contribution in [1.29, 1.82) is 0 Å². The highest BCUT2D eigenvalue weighted by atomic mass is 32.1. The smallest absolute Gasteiger partial charge is 0.186 e. The van der Waals surface area contributed by atoms with Crippen LogP contribution in [0.25, 0.3) is 6.08 Å². The van der Waals surface area contributed by atoms with Crippen molar-refractivity contribution in [1.82, 2.24) is 0 Å². The van der Waals surface area contributed by atoms with Gasteiger partial charge in [0.2, 0.25) is 0 Å². The zero-order chi connectivity index (χ0) is 10.4. The summed E-state index contributed by atoms with van der Waals surface area (Å²) in [6.45, 7) is 4.52. The van der Waals surface area contributed by atoms with Gasteiger partial charge in [-0.1, -0.05) is 30.3 Å². The van der Waals surface area contributed by atoms with Crippen LogP contribution in [0.2, 0.25) is 0 Å². The first-order valence-electron chi connectivity index (χ1n) is 4.64. The minimum Gasteiger partial charge on any atom is -0.483 e. The van der Waals surface area contributed by atoms with Crippen LogP contribution in [-0.4, -0.2) is 11.7 Å². The van der Waals surface area contributed by atoms with Crippen molar-refractivity contribution in [2.75, 3.05) is 6.61 Å². The maximum absolute atomic E-state index is 5.24. The van der Waals surface area contributed by atoms with Gasteiger partial charge in [0.1, 0.15) is 0 Å². The summed E-state index contributed by atoms with van der Waals surface area (Å²) in [6.07, 6.45) is 2.03. The standard InChI is InChI=1S/C12H14OS/c1-3-13-12(14)10(2)9-11-7-5-4-6-8-11/h4-9H,3H2,1-2H3/b10-9+. The Labute approximate surface area is 90.4 Å². The van der Waals surface area contributed by atoms with Gasteiger partial charge in [-0.25, -0.2) is 0 Å². The van der Waals surface area contributed by atoms with E-state index in [1.54, 1.807) is 0 Å². The summed E-state index contributed by atoms with van der Waals surface area (Å²) in [5, 5.41) is 0.580. The van der Waals surface area contributed by atoms with E-state index in [4.69, 9.17) is 17.0 Å². The molecule has 0 N–H and O–H groups in total. The van der Waals surface area contributed by atoms with Crippen LogP contribution < -0.4 is 0 Å². The predicted octanol–water partition coefficient (Wildman–Crippen LogP) is 3.45. The molecule has 0 heterocycles. The molecule has 1 nitrogen and oxygen atoms in total. The second-order valence-corrected chi connectivity index (χ2v) is 3.33. The van der Waals surface area contributed by atoms with Gasteiger partial charge in [-0.2, -0.15) is 0 Å². The first-order chi connectivity index (χ1) is 6.74. The zero-order valence-electron chi connectivity index (χ0n) is 8.49. The molecular formula is C12H14OS. The highest BCUT2D eigenvalue weighted by Crippen LogP contribution is 2.08. The summed E-state index contributed by atoms with van der Waals surface area (Å²) in [7, 11) is 0. The molecule has 0 amide bonds. The Bertz CT molecular complexity index is 327. The van der Waals surface area contributed by atoms with Crippen LogP contribution in [0.1, 0.15) is 19.4 Å². The molecule has 0 aromatic heterocycles. The summed E-state index contributed by atoms with van der Waals surface area (Å²) >= 11 is 5.08. The minimum atomic E-state index is 0.580. The molecule has 0 unspecified atom stereocenters. The molecule has 14 heavy (non-hydrogen) atoms. The van der Waals surface area contributed by atoms with Gasteiger partial charge in [0, 0.05) is 5.57 Å². The largest absolute Gasteiger partial charge is 0.483 e. The lowest BCUT2D eigenvalue weighted by atomic mass is 10.1. The summed E-state index contributed by atoms with van der Waals surface area (Å²) in [5.74, 6) is 0. The highest BCUT2D eigenvalue weighted by Gasteiger charge is 1.98. The van der Waals surface area contributed by atoms with Crippen molar-refractivity contribution in [2.24, 2.45) is 0 Å². The van der Waals surface area contributed by atoms with Gasteiger partial charge in [0.25, 0.3) is 0 Å². The molecule has 0 saturated carbocycles. The Morgan fingerprint density at radius 3 is 2.57 bits per heavy atom. The molecule has 0 aliphatic rings. The molecule has 1 aromatic carbocycles. The van der Waals surface area contributed by atoms with Crippen LogP contribution in [0.4, 0.5) is 0 Å². The minimum absolute atomic E-state index is 0.580. The van der Waals surface area contributed by atoms with Gasteiger partial charge >= 0.3 is 0 Å². The average Bonchev–Trinajstić information content (AvgIpc) is 2.19. The van der Waals surface area contributed by atoms with Crippen LogP contribution in [0, 0.1) is 0 Å². The van der Waals surface area contributed by atoms with Gasteiger partial charge in [-0.05, 0) is 37.7 Å². The molecule has 74 valence electrons. The van der Waals surface area contributed by atoms with E-state index in [-0.39, 0.29) is 0 Å². The van der Waals surface area contributed by atoms with E-state index in [1.807, 2.05) is 50.3 Å². The first-order valence-corrected chi connectivity index (χ1v) is 5.05.